The van der Waals surface area contributed by atoms with Crippen molar-refractivity contribution in [3.63, 3.8) is 0 Å². The molecular formula is C11H22O3. The minimum Gasteiger partial charge on any atom is -0.461 e. The zero-order valence-corrected chi connectivity index (χ0v) is 9.87. The molecule has 0 bridgehead atoms. The Balaban J connectivity index is 3.93. The molecule has 0 N–H and O–H groups in total. The van der Waals surface area contributed by atoms with E-state index in [1.807, 2.05) is 13.8 Å². The molecule has 14 heavy (non-hydrogen) atoms. The highest BCUT2D eigenvalue weighted by Gasteiger charge is 2.19. The molecule has 0 fully saturated rings. The van der Waals surface area contributed by atoms with Gasteiger partial charge >= 0.3 is 5.97 Å². The van der Waals surface area contributed by atoms with E-state index in [2.05, 4.69) is 13.8 Å². The molecule has 0 aromatic rings. The lowest BCUT2D eigenvalue weighted by Gasteiger charge is -2.20. The Hall–Kier alpha value is -0.570. The normalized spacial score (nSPS) is 13.4. The molecule has 1 atom stereocenters. The number of esters is 1. The van der Waals surface area contributed by atoms with Gasteiger partial charge in [-0.2, -0.15) is 0 Å². The van der Waals surface area contributed by atoms with E-state index in [0.29, 0.717) is 0 Å². The molecule has 0 heterocycles. The van der Waals surface area contributed by atoms with Gasteiger partial charge in [0.1, 0.15) is 0 Å². The van der Waals surface area contributed by atoms with Crippen molar-refractivity contribution in [2.75, 3.05) is 0 Å². The van der Waals surface area contributed by atoms with Gasteiger partial charge in [0.25, 0.3) is 0 Å². The van der Waals surface area contributed by atoms with Gasteiger partial charge < -0.3 is 9.47 Å². The first-order chi connectivity index (χ1) is 6.51. The smallest absolute Gasteiger partial charge is 0.335 e. The largest absolute Gasteiger partial charge is 0.461 e. The third-order valence-corrected chi connectivity index (χ3v) is 1.99. The Morgan fingerprint density at radius 2 is 1.64 bits per heavy atom. The van der Waals surface area contributed by atoms with Gasteiger partial charge in [-0.05, 0) is 33.6 Å². The highest BCUT2D eigenvalue weighted by Crippen LogP contribution is 2.08. The maximum Gasteiger partial charge on any atom is 0.335 e. The van der Waals surface area contributed by atoms with E-state index >= 15 is 0 Å². The standard InChI is InChI=1S/C11H22O3/c1-6-10(7-2)14-9(5)11(12)13-8(3)4/h8-10H,6-7H2,1-5H3. The molecule has 0 aliphatic rings. The number of carbonyl (C=O) groups is 1. The van der Waals surface area contributed by atoms with Crippen LogP contribution in [0.3, 0.4) is 0 Å². The van der Waals surface area contributed by atoms with Gasteiger partial charge in [-0.1, -0.05) is 13.8 Å². The molecule has 0 aliphatic heterocycles. The van der Waals surface area contributed by atoms with E-state index in [9.17, 15) is 4.79 Å². The van der Waals surface area contributed by atoms with E-state index in [-0.39, 0.29) is 18.2 Å². The second-order valence-electron chi connectivity index (χ2n) is 3.70. The van der Waals surface area contributed by atoms with Gasteiger partial charge in [-0.3, -0.25) is 0 Å². The van der Waals surface area contributed by atoms with Crippen molar-refractivity contribution >= 4 is 5.97 Å². The van der Waals surface area contributed by atoms with Crippen molar-refractivity contribution in [1.29, 1.82) is 0 Å². The Labute approximate surface area is 86.8 Å². The summed E-state index contributed by atoms with van der Waals surface area (Å²) in [4.78, 5) is 11.4. The molecule has 0 saturated heterocycles. The lowest BCUT2D eigenvalue weighted by Crippen LogP contribution is -2.29. The monoisotopic (exact) mass is 202 g/mol. The lowest BCUT2D eigenvalue weighted by molar-refractivity contribution is -0.163. The van der Waals surface area contributed by atoms with Crippen LogP contribution in [0.25, 0.3) is 0 Å². The Morgan fingerprint density at radius 1 is 1.14 bits per heavy atom. The van der Waals surface area contributed by atoms with Gasteiger partial charge in [-0.25, -0.2) is 4.79 Å². The zero-order valence-electron chi connectivity index (χ0n) is 9.87. The van der Waals surface area contributed by atoms with Gasteiger partial charge in [0.2, 0.25) is 0 Å². The molecule has 3 heteroatoms. The third-order valence-electron chi connectivity index (χ3n) is 1.99. The molecule has 0 spiro atoms. The van der Waals surface area contributed by atoms with Crippen molar-refractivity contribution < 1.29 is 14.3 Å². The summed E-state index contributed by atoms with van der Waals surface area (Å²) in [6.07, 6.45) is 1.48. The minimum atomic E-state index is -0.456. The van der Waals surface area contributed by atoms with Crippen LogP contribution >= 0.6 is 0 Å². The Bertz CT molecular complexity index is 162. The van der Waals surface area contributed by atoms with Gasteiger partial charge in [-0.15, -0.1) is 0 Å². The van der Waals surface area contributed by atoms with Crippen LogP contribution in [-0.2, 0) is 14.3 Å². The van der Waals surface area contributed by atoms with Crippen molar-refractivity contribution in [3.8, 4) is 0 Å². The quantitative estimate of drug-likeness (QED) is 0.621. The molecular weight excluding hydrogens is 180 g/mol. The molecule has 84 valence electrons. The second kappa shape index (κ2) is 6.82. The first kappa shape index (κ1) is 13.4. The predicted molar refractivity (Wildman–Crippen MR) is 56.1 cm³/mol. The molecule has 0 saturated carbocycles. The second-order valence-corrected chi connectivity index (χ2v) is 3.70. The number of carbonyl (C=O) groups excluding carboxylic acids is 1. The van der Waals surface area contributed by atoms with E-state index in [1.165, 1.54) is 0 Å². The highest BCUT2D eigenvalue weighted by atomic mass is 16.6. The van der Waals surface area contributed by atoms with Crippen LogP contribution in [0.15, 0.2) is 0 Å². The van der Waals surface area contributed by atoms with Crippen molar-refractivity contribution in [2.45, 2.75) is 65.8 Å². The summed E-state index contributed by atoms with van der Waals surface area (Å²) in [5.74, 6) is -0.271. The Kier molecular flexibility index (Phi) is 6.54. The fourth-order valence-corrected chi connectivity index (χ4v) is 1.15. The first-order valence-corrected chi connectivity index (χ1v) is 5.37. The van der Waals surface area contributed by atoms with Crippen molar-refractivity contribution in [2.24, 2.45) is 0 Å². The number of rotatable bonds is 6. The molecule has 0 rings (SSSR count). The summed E-state index contributed by atoms with van der Waals surface area (Å²) >= 11 is 0. The van der Waals surface area contributed by atoms with Gasteiger partial charge in [0.05, 0.1) is 12.2 Å². The lowest BCUT2D eigenvalue weighted by atomic mass is 10.2. The summed E-state index contributed by atoms with van der Waals surface area (Å²) < 4.78 is 10.6. The van der Waals surface area contributed by atoms with Crippen molar-refractivity contribution in [3.05, 3.63) is 0 Å². The molecule has 1 unspecified atom stereocenters. The summed E-state index contributed by atoms with van der Waals surface area (Å²) in [5, 5.41) is 0. The molecule has 3 nitrogen and oxygen atoms in total. The maximum absolute atomic E-state index is 11.4. The van der Waals surface area contributed by atoms with Crippen LogP contribution in [0.1, 0.15) is 47.5 Å². The fourth-order valence-electron chi connectivity index (χ4n) is 1.15. The zero-order chi connectivity index (χ0) is 11.1. The topological polar surface area (TPSA) is 35.5 Å². The highest BCUT2D eigenvalue weighted by molar-refractivity contribution is 5.74. The Morgan fingerprint density at radius 3 is 2.00 bits per heavy atom. The summed E-state index contributed by atoms with van der Waals surface area (Å²) in [6.45, 7) is 9.51. The fraction of sp³-hybridized carbons (Fsp3) is 0.909. The average molecular weight is 202 g/mol. The maximum atomic E-state index is 11.4. The van der Waals surface area contributed by atoms with Crippen LogP contribution in [0.4, 0.5) is 0 Å². The minimum absolute atomic E-state index is 0.0738. The van der Waals surface area contributed by atoms with Crippen LogP contribution in [0.5, 0.6) is 0 Å². The van der Waals surface area contributed by atoms with E-state index in [0.717, 1.165) is 12.8 Å². The average Bonchev–Trinajstić information content (AvgIpc) is 2.12. The molecule has 0 amide bonds. The van der Waals surface area contributed by atoms with Crippen molar-refractivity contribution in [1.82, 2.24) is 0 Å². The summed E-state index contributed by atoms with van der Waals surface area (Å²) in [5.41, 5.74) is 0. The van der Waals surface area contributed by atoms with E-state index < -0.39 is 6.10 Å². The van der Waals surface area contributed by atoms with Gasteiger partial charge in [0.15, 0.2) is 6.10 Å². The summed E-state index contributed by atoms with van der Waals surface area (Å²) in [6, 6.07) is 0. The third kappa shape index (κ3) is 5.22. The molecule has 0 aromatic carbocycles. The number of hydrogen-bond acceptors (Lipinski definition) is 3. The van der Waals surface area contributed by atoms with E-state index in [4.69, 9.17) is 9.47 Å². The number of hydrogen-bond donors (Lipinski definition) is 0. The number of ether oxygens (including phenoxy) is 2. The van der Waals surface area contributed by atoms with Crippen LogP contribution < -0.4 is 0 Å². The summed E-state index contributed by atoms with van der Waals surface area (Å²) in [7, 11) is 0. The van der Waals surface area contributed by atoms with Crippen LogP contribution in [-0.4, -0.2) is 24.3 Å². The molecule has 0 radical (unpaired) electrons. The van der Waals surface area contributed by atoms with Crippen LogP contribution in [0, 0.1) is 0 Å². The molecule has 0 aromatic heterocycles. The first-order valence-electron chi connectivity index (χ1n) is 5.37. The van der Waals surface area contributed by atoms with Crippen LogP contribution in [0.2, 0.25) is 0 Å². The SMILES string of the molecule is CCC(CC)OC(C)C(=O)OC(C)C. The van der Waals surface area contributed by atoms with E-state index in [1.54, 1.807) is 6.92 Å². The predicted octanol–water partition coefficient (Wildman–Crippen LogP) is 2.53. The molecule has 0 aliphatic carbocycles. The van der Waals surface area contributed by atoms with Gasteiger partial charge in [0, 0.05) is 0 Å².